The van der Waals surface area contributed by atoms with Gasteiger partial charge in [-0.3, -0.25) is 9.29 Å². The van der Waals surface area contributed by atoms with Crippen molar-refractivity contribution in [3.8, 4) is 23.5 Å². The van der Waals surface area contributed by atoms with Crippen LogP contribution in [0.15, 0.2) is 18.7 Å². The lowest BCUT2D eigenvalue weighted by atomic mass is 9.75. The molecular formula is C21H24ClN9O5S. The van der Waals surface area contributed by atoms with Gasteiger partial charge in [0.25, 0.3) is 0 Å². The zero-order valence-electron chi connectivity index (χ0n) is 20.4. The Balaban J connectivity index is 1.76. The van der Waals surface area contributed by atoms with Crippen molar-refractivity contribution < 1.29 is 22.6 Å². The quantitative estimate of drug-likeness (QED) is 0.389. The Morgan fingerprint density at radius 3 is 2.27 bits per heavy atom. The average molecular weight is 550 g/mol. The highest BCUT2D eigenvalue weighted by molar-refractivity contribution is 7.93. The molecule has 196 valence electrons. The Hall–Kier alpha value is -3.61. The SMILES string of the molecule is COc1ncnc(OC)c1-n1c(NS(=O)(=O)[C@@H](C)[C@H](OC)c2ncc(Cl)cn2)nnc1[C@H]1C[C@H](C#N)C1. The van der Waals surface area contributed by atoms with Crippen LogP contribution in [0.2, 0.25) is 5.02 Å². The van der Waals surface area contributed by atoms with E-state index in [-0.39, 0.29) is 41.1 Å². The van der Waals surface area contributed by atoms with Gasteiger partial charge in [0.1, 0.15) is 23.5 Å². The van der Waals surface area contributed by atoms with E-state index in [0.29, 0.717) is 23.7 Å². The topological polar surface area (TPSA) is 180 Å². The van der Waals surface area contributed by atoms with Gasteiger partial charge >= 0.3 is 0 Å². The maximum Gasteiger partial charge on any atom is 0.245 e. The first-order chi connectivity index (χ1) is 17.7. The van der Waals surface area contributed by atoms with Crippen molar-refractivity contribution in [3.05, 3.63) is 35.4 Å². The lowest BCUT2D eigenvalue weighted by Crippen LogP contribution is -2.33. The molecule has 4 rings (SSSR count). The third kappa shape index (κ3) is 5.13. The molecule has 0 aromatic carbocycles. The van der Waals surface area contributed by atoms with Crippen molar-refractivity contribution in [3.63, 3.8) is 0 Å². The third-order valence-corrected chi connectivity index (χ3v) is 7.93. The minimum atomic E-state index is -4.16. The van der Waals surface area contributed by atoms with Crippen LogP contribution in [0.3, 0.4) is 0 Å². The van der Waals surface area contributed by atoms with Crippen LogP contribution in [0.1, 0.15) is 43.4 Å². The van der Waals surface area contributed by atoms with Crippen LogP contribution in [0.4, 0.5) is 5.95 Å². The van der Waals surface area contributed by atoms with Crippen molar-refractivity contribution in [2.24, 2.45) is 5.92 Å². The predicted molar refractivity (Wildman–Crippen MR) is 130 cm³/mol. The van der Waals surface area contributed by atoms with Gasteiger partial charge in [-0.25, -0.2) is 18.4 Å². The molecule has 1 aliphatic carbocycles. The second-order valence-corrected chi connectivity index (χ2v) is 10.7. The van der Waals surface area contributed by atoms with E-state index in [2.05, 4.69) is 40.9 Å². The summed E-state index contributed by atoms with van der Waals surface area (Å²) in [5.41, 5.74) is 0.211. The zero-order chi connectivity index (χ0) is 26.7. The normalized spacial score (nSPS) is 18.8. The first-order valence-corrected chi connectivity index (χ1v) is 13.0. The van der Waals surface area contributed by atoms with E-state index in [1.54, 1.807) is 0 Å². The van der Waals surface area contributed by atoms with Crippen LogP contribution >= 0.6 is 11.6 Å². The first-order valence-electron chi connectivity index (χ1n) is 11.0. The summed E-state index contributed by atoms with van der Waals surface area (Å²) in [7, 11) is 0.0171. The molecule has 0 spiro atoms. The number of rotatable bonds is 10. The van der Waals surface area contributed by atoms with Crippen LogP contribution in [0.25, 0.3) is 5.69 Å². The van der Waals surface area contributed by atoms with Gasteiger partial charge in [-0.05, 0) is 19.8 Å². The summed E-state index contributed by atoms with van der Waals surface area (Å²) in [5.74, 6) is 0.352. The predicted octanol–water partition coefficient (Wildman–Crippen LogP) is 2.05. The Kier molecular flexibility index (Phi) is 7.71. The largest absolute Gasteiger partial charge is 0.479 e. The van der Waals surface area contributed by atoms with E-state index in [0.717, 1.165) is 0 Å². The molecule has 3 heterocycles. The maximum absolute atomic E-state index is 13.5. The number of nitriles is 1. The fourth-order valence-electron chi connectivity index (χ4n) is 3.98. The van der Waals surface area contributed by atoms with Crippen molar-refractivity contribution >= 4 is 27.6 Å². The summed E-state index contributed by atoms with van der Waals surface area (Å²) in [4.78, 5) is 16.4. The zero-order valence-corrected chi connectivity index (χ0v) is 21.9. The second kappa shape index (κ2) is 10.8. The highest BCUT2D eigenvalue weighted by atomic mass is 35.5. The molecule has 0 unspecified atom stereocenters. The van der Waals surface area contributed by atoms with E-state index < -0.39 is 21.4 Å². The number of anilines is 1. The van der Waals surface area contributed by atoms with Gasteiger partial charge in [0.05, 0.1) is 25.3 Å². The molecule has 1 fully saturated rings. The number of hydrogen-bond acceptors (Lipinski definition) is 12. The van der Waals surface area contributed by atoms with Crippen molar-refractivity contribution in [2.75, 3.05) is 26.1 Å². The summed E-state index contributed by atoms with van der Waals surface area (Å²) in [6.45, 7) is 1.45. The van der Waals surface area contributed by atoms with Gasteiger partial charge in [-0.15, -0.1) is 10.2 Å². The molecule has 0 aliphatic heterocycles. The van der Waals surface area contributed by atoms with E-state index >= 15 is 0 Å². The lowest BCUT2D eigenvalue weighted by Gasteiger charge is -2.30. The molecule has 1 aliphatic rings. The number of halogens is 1. The molecule has 0 amide bonds. The summed E-state index contributed by atoms with van der Waals surface area (Å²) >= 11 is 5.86. The molecule has 14 nitrogen and oxygen atoms in total. The van der Waals surface area contributed by atoms with Gasteiger partial charge in [0.2, 0.25) is 27.7 Å². The number of methoxy groups -OCH3 is 3. The third-order valence-electron chi connectivity index (χ3n) is 6.04. The Labute approximate surface area is 218 Å². The standard InChI is InChI=1S/C21H24ClN9O5S/c1-11(16(34-2)17-24-8-14(22)9-25-17)37(32,33)30-21-29-28-18(13-5-12(6-13)7-23)31(21)15-19(35-3)26-10-27-20(15)36-4/h8-13,16H,5-6H2,1-4H3,(H,29,30)/t11-,12-,13-,16-/m0/s1. The van der Waals surface area contributed by atoms with Crippen LogP contribution in [-0.2, 0) is 14.8 Å². The Morgan fingerprint density at radius 1 is 1.11 bits per heavy atom. The van der Waals surface area contributed by atoms with Gasteiger partial charge in [-0.1, -0.05) is 11.6 Å². The molecule has 3 aromatic heterocycles. The Bertz CT molecular complexity index is 1380. The molecule has 1 N–H and O–H groups in total. The summed E-state index contributed by atoms with van der Waals surface area (Å²) in [6.07, 6.45) is 4.02. The minimum Gasteiger partial charge on any atom is -0.479 e. The fourth-order valence-corrected chi connectivity index (χ4v) is 5.21. The van der Waals surface area contributed by atoms with E-state index in [4.69, 9.17) is 25.8 Å². The lowest BCUT2D eigenvalue weighted by molar-refractivity contribution is 0.0950. The molecule has 1 saturated carbocycles. The molecule has 0 saturated heterocycles. The number of ether oxygens (including phenoxy) is 3. The van der Waals surface area contributed by atoms with Crippen molar-refractivity contribution in [1.29, 1.82) is 5.26 Å². The monoisotopic (exact) mass is 549 g/mol. The van der Waals surface area contributed by atoms with Crippen molar-refractivity contribution in [2.45, 2.75) is 37.0 Å². The highest BCUT2D eigenvalue weighted by Crippen LogP contribution is 2.43. The van der Waals surface area contributed by atoms with Gasteiger partial charge < -0.3 is 14.2 Å². The maximum atomic E-state index is 13.5. The van der Waals surface area contributed by atoms with Crippen LogP contribution in [0.5, 0.6) is 11.8 Å². The number of hydrogen-bond donors (Lipinski definition) is 1. The molecular weight excluding hydrogens is 526 g/mol. The van der Waals surface area contributed by atoms with Gasteiger partial charge in [0.15, 0.2) is 11.5 Å². The Morgan fingerprint density at radius 2 is 1.73 bits per heavy atom. The molecule has 2 atom stereocenters. The number of nitrogens with zero attached hydrogens (tertiary/aromatic N) is 8. The number of nitrogens with one attached hydrogen (secondary N) is 1. The van der Waals surface area contributed by atoms with Crippen LogP contribution in [-0.4, -0.2) is 69.7 Å². The average Bonchev–Trinajstić information content (AvgIpc) is 3.25. The van der Waals surface area contributed by atoms with Gasteiger partial charge in [0, 0.05) is 31.3 Å². The van der Waals surface area contributed by atoms with Crippen molar-refractivity contribution in [1.82, 2.24) is 34.7 Å². The first kappa shape index (κ1) is 26.5. The number of aromatic nitrogens is 7. The molecule has 0 radical (unpaired) electrons. The second-order valence-electron chi connectivity index (χ2n) is 8.22. The summed E-state index contributed by atoms with van der Waals surface area (Å²) < 4.78 is 47.2. The molecule has 3 aromatic rings. The molecule has 0 bridgehead atoms. The van der Waals surface area contributed by atoms with E-state index in [1.165, 1.54) is 51.5 Å². The summed E-state index contributed by atoms with van der Waals surface area (Å²) in [6, 6.07) is 2.23. The molecule has 16 heteroatoms. The summed E-state index contributed by atoms with van der Waals surface area (Å²) in [5, 5.41) is 16.7. The minimum absolute atomic E-state index is 0.113. The smallest absolute Gasteiger partial charge is 0.245 e. The number of sulfonamides is 1. The molecule has 37 heavy (non-hydrogen) atoms. The van der Waals surface area contributed by atoms with E-state index in [9.17, 15) is 13.7 Å². The highest BCUT2D eigenvalue weighted by Gasteiger charge is 2.39. The van der Waals surface area contributed by atoms with Gasteiger partial charge in [-0.2, -0.15) is 15.2 Å². The van der Waals surface area contributed by atoms with Crippen LogP contribution < -0.4 is 14.2 Å². The van der Waals surface area contributed by atoms with E-state index in [1.807, 2.05) is 0 Å². The van der Waals surface area contributed by atoms with Crippen LogP contribution in [0, 0.1) is 17.2 Å². The fraction of sp³-hybridized carbons (Fsp3) is 0.476.